The minimum atomic E-state index is -4.98. The standard InChI is InChI=1S/C10H14N5O7PS.Na/c11-10-13-7-4(8(24)14-10)12-2-15(7)9-6(17)5(16)3(22-9)1-21-23(18,19)20;/h2-3,5-6,9,16-17H,1H2,(H2,18,19,20)(H3,11,13,14,24);/q;+1/p-1/t3-,5+,6?,9-;/m1./s1. The largest absolute Gasteiger partial charge is 1.00 e. The van der Waals surface area contributed by atoms with Gasteiger partial charge in [-0.25, -0.2) is 9.97 Å². The number of nitrogens with one attached hydrogen (secondary N) is 1. The molecule has 1 aliphatic heterocycles. The van der Waals surface area contributed by atoms with Gasteiger partial charge < -0.3 is 40.0 Å². The van der Waals surface area contributed by atoms with E-state index >= 15 is 0 Å². The van der Waals surface area contributed by atoms with E-state index in [1.165, 1.54) is 10.9 Å². The second kappa shape index (κ2) is 7.66. The molecule has 0 amide bonds. The molecule has 0 saturated carbocycles. The van der Waals surface area contributed by atoms with Crippen LogP contribution in [0.4, 0.5) is 5.95 Å². The second-order valence-corrected chi connectivity index (χ2v) is 6.67. The number of fused-ring (bicyclic) bond motifs is 1. The summed E-state index contributed by atoms with van der Waals surface area (Å²) < 4.78 is 21.8. The van der Waals surface area contributed by atoms with Gasteiger partial charge in [0.25, 0.3) is 7.82 Å². The van der Waals surface area contributed by atoms with Crippen molar-refractivity contribution in [2.24, 2.45) is 0 Å². The Bertz CT molecular complexity index is 871. The van der Waals surface area contributed by atoms with Crippen LogP contribution in [0.2, 0.25) is 0 Å². The molecule has 3 heterocycles. The van der Waals surface area contributed by atoms with E-state index in [1.807, 2.05) is 0 Å². The number of rotatable bonds is 4. The molecule has 0 radical (unpaired) electrons. The zero-order valence-electron chi connectivity index (χ0n) is 12.8. The fraction of sp³-hybridized carbons (Fsp3) is 0.500. The SMILES string of the molecule is Nc1nc(=S)c2ncn([C@@H]3O[C@H](COP(=O)([O-])O)[C@H](O)C3O)c2[nH]1.[Na+]. The van der Waals surface area contributed by atoms with Crippen molar-refractivity contribution in [2.45, 2.75) is 24.5 Å². The molecule has 0 spiro atoms. The number of ether oxygens (including phenoxy) is 1. The third-order valence-electron chi connectivity index (χ3n) is 3.48. The fourth-order valence-corrected chi connectivity index (χ4v) is 2.99. The van der Waals surface area contributed by atoms with E-state index in [0.717, 1.165) is 0 Å². The minimum absolute atomic E-state index is 0. The van der Waals surface area contributed by atoms with Gasteiger partial charge in [0.2, 0.25) is 0 Å². The number of aliphatic hydroxyl groups excluding tert-OH is 2. The molecular formula is C10H13N5NaO7PS. The average Bonchev–Trinajstić information content (AvgIpc) is 3.00. The Morgan fingerprint density at radius 3 is 2.84 bits per heavy atom. The molecule has 5 atom stereocenters. The number of aromatic amines is 1. The maximum absolute atomic E-state index is 10.6. The van der Waals surface area contributed by atoms with Crippen LogP contribution >= 0.6 is 20.0 Å². The van der Waals surface area contributed by atoms with Crippen LogP contribution in [0, 0.1) is 4.64 Å². The molecule has 2 aromatic heterocycles. The average molecular weight is 401 g/mol. The van der Waals surface area contributed by atoms with Gasteiger partial charge in [-0.05, 0) is 0 Å². The summed E-state index contributed by atoms with van der Waals surface area (Å²) in [4.78, 5) is 29.9. The molecule has 0 bridgehead atoms. The third kappa shape index (κ3) is 4.28. The number of imidazole rings is 1. The molecule has 25 heavy (non-hydrogen) atoms. The first kappa shape index (κ1) is 20.9. The Hall–Kier alpha value is -0.440. The summed E-state index contributed by atoms with van der Waals surface area (Å²) in [6, 6.07) is 0. The number of nitrogens with two attached hydrogens (primary N) is 1. The van der Waals surface area contributed by atoms with Gasteiger partial charge in [0.15, 0.2) is 16.8 Å². The number of H-pyrrole nitrogens is 1. The van der Waals surface area contributed by atoms with Crippen molar-refractivity contribution in [3.63, 3.8) is 0 Å². The molecule has 2 unspecified atom stereocenters. The van der Waals surface area contributed by atoms with E-state index in [2.05, 4.69) is 19.5 Å². The molecule has 3 rings (SSSR count). The van der Waals surface area contributed by atoms with Crippen molar-refractivity contribution in [3.05, 3.63) is 11.0 Å². The maximum Gasteiger partial charge on any atom is 1.00 e. The van der Waals surface area contributed by atoms with Crippen molar-refractivity contribution in [3.8, 4) is 0 Å². The summed E-state index contributed by atoms with van der Waals surface area (Å²) in [5.74, 6) is 0.0229. The number of phosphoric acid groups is 1. The second-order valence-electron chi connectivity index (χ2n) is 5.09. The van der Waals surface area contributed by atoms with Crippen molar-refractivity contribution >= 4 is 37.2 Å². The smallest absolute Gasteiger partial charge is 0.756 e. The van der Waals surface area contributed by atoms with Gasteiger partial charge in [-0.3, -0.25) is 9.13 Å². The normalized spacial score (nSPS) is 28.6. The Kier molecular flexibility index (Phi) is 6.40. The van der Waals surface area contributed by atoms with Gasteiger partial charge in [0.05, 0.1) is 12.9 Å². The molecule has 1 aliphatic rings. The van der Waals surface area contributed by atoms with Crippen LogP contribution in [-0.2, 0) is 13.8 Å². The van der Waals surface area contributed by atoms with Crippen molar-refractivity contribution < 1.29 is 63.4 Å². The van der Waals surface area contributed by atoms with E-state index in [4.69, 9.17) is 27.6 Å². The fourth-order valence-electron chi connectivity index (χ4n) is 2.41. The first-order chi connectivity index (χ1) is 11.2. The van der Waals surface area contributed by atoms with Crippen molar-refractivity contribution in [1.29, 1.82) is 0 Å². The molecular weight excluding hydrogens is 388 g/mol. The zero-order chi connectivity index (χ0) is 17.6. The summed E-state index contributed by atoms with van der Waals surface area (Å²) in [5.41, 5.74) is 6.21. The number of nitrogen functional groups attached to an aromatic ring is 1. The predicted octanol–water partition coefficient (Wildman–Crippen LogP) is -4.83. The summed E-state index contributed by atoms with van der Waals surface area (Å²) in [6.07, 6.45) is -3.89. The van der Waals surface area contributed by atoms with E-state index in [1.54, 1.807) is 0 Å². The van der Waals surface area contributed by atoms with Crippen LogP contribution in [0.5, 0.6) is 0 Å². The molecule has 2 aromatic rings. The summed E-state index contributed by atoms with van der Waals surface area (Å²) >= 11 is 5.03. The molecule has 132 valence electrons. The van der Waals surface area contributed by atoms with Gasteiger partial charge in [-0.1, -0.05) is 12.2 Å². The van der Waals surface area contributed by atoms with E-state index in [-0.39, 0.29) is 40.1 Å². The Labute approximate surface area is 167 Å². The molecule has 6 N–H and O–H groups in total. The molecule has 0 aliphatic carbocycles. The molecule has 1 saturated heterocycles. The first-order valence-corrected chi connectivity index (χ1v) is 8.50. The zero-order valence-corrected chi connectivity index (χ0v) is 16.6. The Balaban J connectivity index is 0.00000225. The Morgan fingerprint density at radius 2 is 2.20 bits per heavy atom. The van der Waals surface area contributed by atoms with E-state index in [9.17, 15) is 19.7 Å². The molecule has 1 fully saturated rings. The molecule has 0 aromatic carbocycles. The Morgan fingerprint density at radius 1 is 1.52 bits per heavy atom. The minimum Gasteiger partial charge on any atom is -0.756 e. The van der Waals surface area contributed by atoms with E-state index in [0.29, 0.717) is 11.2 Å². The van der Waals surface area contributed by atoms with Gasteiger partial charge in [0.1, 0.15) is 29.5 Å². The quantitative estimate of drug-likeness (QED) is 0.187. The van der Waals surface area contributed by atoms with Gasteiger partial charge in [-0.15, -0.1) is 0 Å². The van der Waals surface area contributed by atoms with Crippen LogP contribution in [0.25, 0.3) is 11.2 Å². The van der Waals surface area contributed by atoms with Crippen LogP contribution in [-0.4, -0.2) is 59.5 Å². The number of aromatic nitrogens is 4. The maximum atomic E-state index is 10.6. The van der Waals surface area contributed by atoms with Crippen LogP contribution in [0.1, 0.15) is 6.23 Å². The topological polar surface area (TPSA) is 192 Å². The number of anilines is 1. The summed E-state index contributed by atoms with van der Waals surface area (Å²) in [6.45, 7) is -0.668. The van der Waals surface area contributed by atoms with Crippen molar-refractivity contribution in [2.75, 3.05) is 12.3 Å². The third-order valence-corrected chi connectivity index (χ3v) is 4.24. The van der Waals surface area contributed by atoms with E-state index < -0.39 is 39.0 Å². The number of nitrogens with zero attached hydrogens (tertiary/aromatic N) is 3. The number of hydrogen-bond acceptors (Lipinski definition) is 10. The van der Waals surface area contributed by atoms with Crippen LogP contribution < -0.4 is 40.2 Å². The van der Waals surface area contributed by atoms with Gasteiger partial charge >= 0.3 is 29.6 Å². The predicted molar refractivity (Wildman–Crippen MR) is 78.8 cm³/mol. The molecule has 12 nitrogen and oxygen atoms in total. The van der Waals surface area contributed by atoms with Gasteiger partial charge in [-0.2, -0.15) is 0 Å². The number of phosphoric ester groups is 1. The summed E-state index contributed by atoms with van der Waals surface area (Å²) in [7, 11) is -4.98. The number of aliphatic hydroxyl groups is 2. The number of hydrogen-bond donors (Lipinski definition) is 5. The molecule has 15 heteroatoms. The monoisotopic (exact) mass is 401 g/mol. The first-order valence-electron chi connectivity index (χ1n) is 6.59. The van der Waals surface area contributed by atoms with Crippen LogP contribution in [0.3, 0.4) is 0 Å². The van der Waals surface area contributed by atoms with Gasteiger partial charge in [0, 0.05) is 0 Å². The summed E-state index contributed by atoms with van der Waals surface area (Å²) in [5, 5.41) is 20.1. The van der Waals surface area contributed by atoms with Crippen LogP contribution in [0.15, 0.2) is 6.33 Å². The van der Waals surface area contributed by atoms with Crippen molar-refractivity contribution in [1.82, 2.24) is 19.5 Å².